The fourth-order valence-electron chi connectivity index (χ4n) is 3.73. The molecule has 0 aliphatic carbocycles. The lowest BCUT2D eigenvalue weighted by Gasteiger charge is -2.07. The van der Waals surface area contributed by atoms with Crippen molar-refractivity contribution < 1.29 is 0 Å². The molecule has 6 rings (SSSR count). The Morgan fingerprint density at radius 2 is 1.50 bits per heavy atom. The van der Waals surface area contributed by atoms with Gasteiger partial charge in [0, 0.05) is 33.3 Å². The highest BCUT2D eigenvalue weighted by Gasteiger charge is 2.18. The third-order valence-electron chi connectivity index (χ3n) is 4.94. The number of thiophene rings is 1. The first-order valence-corrected chi connectivity index (χ1v) is 9.87. The number of pyridine rings is 3. The molecule has 0 saturated carbocycles. The predicted octanol–water partition coefficient (Wildman–Crippen LogP) is 5.85. The van der Waals surface area contributed by atoms with Crippen LogP contribution in [-0.4, -0.2) is 19.5 Å². The molecule has 0 amide bonds. The second-order valence-electron chi connectivity index (χ2n) is 6.58. The Balaban J connectivity index is 1.70. The summed E-state index contributed by atoms with van der Waals surface area (Å²) in [7, 11) is 0. The standard InChI is InChI=1S/C23H14N4S/c1-2-11-19-15(7-1)21-16-8-6-14-25-22(16)27(23(21)28-19)20-12-5-10-18(26-20)17-9-3-4-13-24-17/h1-14H. The van der Waals surface area contributed by atoms with Crippen LogP contribution in [0.2, 0.25) is 0 Å². The zero-order valence-corrected chi connectivity index (χ0v) is 15.6. The van der Waals surface area contributed by atoms with Gasteiger partial charge in [-0.3, -0.25) is 9.55 Å². The average molecular weight is 378 g/mol. The van der Waals surface area contributed by atoms with Crippen LogP contribution in [0.5, 0.6) is 0 Å². The Labute approximate surface area is 164 Å². The summed E-state index contributed by atoms with van der Waals surface area (Å²) in [5.74, 6) is 0.855. The number of benzene rings is 1. The summed E-state index contributed by atoms with van der Waals surface area (Å²) < 4.78 is 3.44. The van der Waals surface area contributed by atoms with Crippen molar-refractivity contribution in [1.82, 2.24) is 19.5 Å². The molecule has 0 fully saturated rings. The highest BCUT2D eigenvalue weighted by Crippen LogP contribution is 2.41. The molecule has 0 spiro atoms. The largest absolute Gasteiger partial charge is 0.268 e. The van der Waals surface area contributed by atoms with E-state index in [1.165, 1.54) is 20.3 Å². The minimum atomic E-state index is 0.852. The Kier molecular flexibility index (Phi) is 3.30. The van der Waals surface area contributed by atoms with Crippen LogP contribution in [-0.2, 0) is 0 Å². The first kappa shape index (κ1) is 15.5. The molecule has 0 bridgehead atoms. The molecule has 4 nitrogen and oxygen atoms in total. The minimum Gasteiger partial charge on any atom is -0.268 e. The quantitative estimate of drug-likeness (QED) is 0.379. The molecule has 0 saturated heterocycles. The highest BCUT2D eigenvalue weighted by molar-refractivity contribution is 7.25. The molecule has 1 aromatic carbocycles. The van der Waals surface area contributed by atoms with Crippen LogP contribution >= 0.6 is 11.3 Å². The van der Waals surface area contributed by atoms with Gasteiger partial charge in [0.25, 0.3) is 0 Å². The average Bonchev–Trinajstić information content (AvgIpc) is 3.29. The van der Waals surface area contributed by atoms with Gasteiger partial charge in [0.1, 0.15) is 16.3 Å². The highest BCUT2D eigenvalue weighted by atomic mass is 32.1. The van der Waals surface area contributed by atoms with Gasteiger partial charge in [-0.15, -0.1) is 11.3 Å². The number of rotatable bonds is 2. The molecular weight excluding hydrogens is 364 g/mol. The van der Waals surface area contributed by atoms with Gasteiger partial charge >= 0.3 is 0 Å². The summed E-state index contributed by atoms with van der Waals surface area (Å²) in [5, 5.41) is 3.66. The fraction of sp³-hybridized carbons (Fsp3) is 0. The van der Waals surface area contributed by atoms with Crippen LogP contribution in [0.15, 0.2) is 85.2 Å². The van der Waals surface area contributed by atoms with Crippen molar-refractivity contribution in [2.45, 2.75) is 0 Å². The molecule has 5 aromatic heterocycles. The van der Waals surface area contributed by atoms with Crippen LogP contribution in [0.3, 0.4) is 0 Å². The third-order valence-corrected chi connectivity index (χ3v) is 6.09. The molecule has 0 atom stereocenters. The molecule has 6 aromatic rings. The summed E-state index contributed by atoms with van der Waals surface area (Å²) in [5.41, 5.74) is 2.65. The predicted molar refractivity (Wildman–Crippen MR) is 115 cm³/mol. The van der Waals surface area contributed by atoms with Gasteiger partial charge in [0.05, 0.1) is 11.4 Å². The van der Waals surface area contributed by atoms with Crippen molar-refractivity contribution in [2.24, 2.45) is 0 Å². The molecule has 132 valence electrons. The fourth-order valence-corrected chi connectivity index (χ4v) is 4.96. The Hall–Kier alpha value is -3.57. The summed E-state index contributed by atoms with van der Waals surface area (Å²) in [6.45, 7) is 0. The normalized spacial score (nSPS) is 11.6. The molecule has 28 heavy (non-hydrogen) atoms. The van der Waals surface area contributed by atoms with E-state index >= 15 is 0 Å². The lowest BCUT2D eigenvalue weighted by atomic mass is 10.1. The third kappa shape index (κ3) is 2.20. The zero-order valence-electron chi connectivity index (χ0n) is 14.8. The van der Waals surface area contributed by atoms with Gasteiger partial charge in [-0.25, -0.2) is 9.97 Å². The van der Waals surface area contributed by atoms with E-state index < -0.39 is 0 Å². The Morgan fingerprint density at radius 1 is 0.679 bits per heavy atom. The molecule has 0 aliphatic rings. The first-order valence-electron chi connectivity index (χ1n) is 9.06. The van der Waals surface area contributed by atoms with Crippen molar-refractivity contribution >= 4 is 42.7 Å². The van der Waals surface area contributed by atoms with E-state index in [4.69, 9.17) is 9.97 Å². The van der Waals surface area contributed by atoms with E-state index in [-0.39, 0.29) is 0 Å². The topological polar surface area (TPSA) is 43.6 Å². The summed E-state index contributed by atoms with van der Waals surface area (Å²) in [6, 6.07) is 24.6. The van der Waals surface area contributed by atoms with Crippen molar-refractivity contribution in [1.29, 1.82) is 0 Å². The smallest absolute Gasteiger partial charge is 0.147 e. The number of fused-ring (bicyclic) bond motifs is 5. The van der Waals surface area contributed by atoms with Crippen LogP contribution in [0, 0.1) is 0 Å². The minimum absolute atomic E-state index is 0.852. The van der Waals surface area contributed by atoms with Gasteiger partial charge in [0.15, 0.2) is 0 Å². The monoisotopic (exact) mass is 378 g/mol. The first-order chi connectivity index (χ1) is 13.9. The van der Waals surface area contributed by atoms with Gasteiger partial charge in [-0.2, -0.15) is 0 Å². The van der Waals surface area contributed by atoms with Crippen molar-refractivity contribution in [3.63, 3.8) is 0 Å². The molecule has 0 N–H and O–H groups in total. The maximum atomic E-state index is 4.92. The van der Waals surface area contributed by atoms with E-state index in [0.717, 1.165) is 28.2 Å². The molecular formula is C23H14N4S. The van der Waals surface area contributed by atoms with Crippen LogP contribution in [0.25, 0.3) is 48.5 Å². The van der Waals surface area contributed by atoms with Crippen LogP contribution < -0.4 is 0 Å². The van der Waals surface area contributed by atoms with E-state index in [2.05, 4.69) is 39.9 Å². The maximum Gasteiger partial charge on any atom is 0.147 e. The number of aromatic nitrogens is 4. The Bertz CT molecular complexity index is 1460. The summed E-state index contributed by atoms with van der Waals surface area (Å²) in [6.07, 6.45) is 3.63. The second-order valence-corrected chi connectivity index (χ2v) is 7.62. The van der Waals surface area contributed by atoms with E-state index in [0.29, 0.717) is 0 Å². The van der Waals surface area contributed by atoms with Crippen molar-refractivity contribution in [3.8, 4) is 17.2 Å². The summed E-state index contributed by atoms with van der Waals surface area (Å²) >= 11 is 1.78. The molecule has 0 radical (unpaired) electrons. The van der Waals surface area contributed by atoms with E-state index in [1.54, 1.807) is 17.5 Å². The SMILES string of the molecule is c1ccc(-c2cccc(-n3c4ncccc4c4c5ccccc5sc43)n2)nc1. The second kappa shape index (κ2) is 5.97. The molecule has 5 heteroatoms. The number of nitrogens with zero attached hydrogens (tertiary/aromatic N) is 4. The zero-order chi connectivity index (χ0) is 18.5. The molecule has 5 heterocycles. The number of hydrogen-bond donors (Lipinski definition) is 0. The van der Waals surface area contributed by atoms with E-state index in [9.17, 15) is 0 Å². The lowest BCUT2D eigenvalue weighted by Crippen LogP contribution is -1.99. The number of hydrogen-bond acceptors (Lipinski definition) is 4. The van der Waals surface area contributed by atoms with Gasteiger partial charge in [-0.1, -0.05) is 30.3 Å². The Morgan fingerprint density at radius 3 is 2.43 bits per heavy atom. The van der Waals surface area contributed by atoms with E-state index in [1.807, 2.05) is 48.7 Å². The van der Waals surface area contributed by atoms with Crippen molar-refractivity contribution in [2.75, 3.05) is 0 Å². The van der Waals surface area contributed by atoms with Gasteiger partial charge in [-0.05, 0) is 42.5 Å². The van der Waals surface area contributed by atoms with Crippen LogP contribution in [0.1, 0.15) is 0 Å². The summed E-state index contributed by atoms with van der Waals surface area (Å²) in [4.78, 5) is 15.2. The lowest BCUT2D eigenvalue weighted by molar-refractivity contribution is 1.06. The van der Waals surface area contributed by atoms with Crippen molar-refractivity contribution in [3.05, 3.63) is 85.2 Å². The van der Waals surface area contributed by atoms with Gasteiger partial charge < -0.3 is 0 Å². The molecule has 0 unspecified atom stereocenters. The van der Waals surface area contributed by atoms with Crippen LogP contribution in [0.4, 0.5) is 0 Å². The maximum absolute atomic E-state index is 4.92. The van der Waals surface area contributed by atoms with Gasteiger partial charge in [0.2, 0.25) is 0 Å². The molecule has 0 aliphatic heterocycles.